The first-order valence-electron chi connectivity index (χ1n) is 5.59. The van der Waals surface area contributed by atoms with Crippen molar-refractivity contribution in [3.63, 3.8) is 0 Å². The second-order valence-electron chi connectivity index (χ2n) is 3.97. The van der Waals surface area contributed by atoms with Gasteiger partial charge in [0.25, 0.3) is 11.6 Å². The van der Waals surface area contributed by atoms with E-state index in [1.165, 1.54) is 6.07 Å². The molecule has 2 aromatic carbocycles. The molecule has 0 aliphatic carbocycles. The summed E-state index contributed by atoms with van der Waals surface area (Å²) in [4.78, 5) is 21.9. The molecule has 0 radical (unpaired) electrons. The third-order valence-electron chi connectivity index (χ3n) is 2.59. The molecular formula is C13H7F2IN2O3. The molecular weight excluding hydrogens is 397 g/mol. The van der Waals surface area contributed by atoms with Crippen LogP contribution in [0.25, 0.3) is 0 Å². The van der Waals surface area contributed by atoms with Crippen molar-refractivity contribution in [1.82, 2.24) is 0 Å². The standard InChI is InChI=1S/C13H7F2IN2O3/c14-7-5-9(15)12(11(6-7)18(20)21)17-13(19)8-3-1-2-4-10(8)16/h1-6H,(H,17,19). The van der Waals surface area contributed by atoms with Crippen LogP contribution in [-0.2, 0) is 0 Å². The van der Waals surface area contributed by atoms with Crippen molar-refractivity contribution < 1.29 is 18.5 Å². The van der Waals surface area contributed by atoms with Crippen LogP contribution in [0.2, 0.25) is 0 Å². The highest BCUT2D eigenvalue weighted by Gasteiger charge is 2.23. The quantitative estimate of drug-likeness (QED) is 0.482. The molecule has 0 fully saturated rings. The van der Waals surface area contributed by atoms with Crippen molar-refractivity contribution in [2.45, 2.75) is 0 Å². The lowest BCUT2D eigenvalue weighted by molar-refractivity contribution is -0.384. The second-order valence-corrected chi connectivity index (χ2v) is 5.14. The molecule has 1 amide bonds. The van der Waals surface area contributed by atoms with Crippen LogP contribution in [-0.4, -0.2) is 10.8 Å². The SMILES string of the molecule is O=C(Nc1c(F)cc(F)cc1[N+](=O)[O-])c1ccccc1I. The van der Waals surface area contributed by atoms with Crippen LogP contribution in [0.1, 0.15) is 10.4 Å². The van der Waals surface area contributed by atoms with Gasteiger partial charge in [0.15, 0.2) is 11.5 Å². The number of hydrogen-bond donors (Lipinski definition) is 1. The molecule has 0 bridgehead atoms. The number of nitrogens with one attached hydrogen (secondary N) is 1. The Kier molecular flexibility index (Phi) is 4.46. The molecule has 0 spiro atoms. The molecule has 0 aliphatic rings. The zero-order chi connectivity index (χ0) is 15.6. The first-order valence-corrected chi connectivity index (χ1v) is 6.67. The molecule has 0 aromatic heterocycles. The molecule has 2 rings (SSSR count). The third-order valence-corrected chi connectivity index (χ3v) is 3.53. The maximum atomic E-state index is 13.7. The first-order chi connectivity index (χ1) is 9.90. The van der Waals surface area contributed by atoms with E-state index in [4.69, 9.17) is 0 Å². The van der Waals surface area contributed by atoms with E-state index < -0.39 is 33.8 Å². The van der Waals surface area contributed by atoms with Gasteiger partial charge >= 0.3 is 0 Å². The highest BCUT2D eigenvalue weighted by Crippen LogP contribution is 2.29. The summed E-state index contributed by atoms with van der Waals surface area (Å²) in [7, 11) is 0. The van der Waals surface area contributed by atoms with Gasteiger partial charge in [0, 0.05) is 9.64 Å². The zero-order valence-electron chi connectivity index (χ0n) is 10.3. The van der Waals surface area contributed by atoms with Crippen molar-refractivity contribution in [2.75, 3.05) is 5.32 Å². The van der Waals surface area contributed by atoms with Crippen molar-refractivity contribution in [1.29, 1.82) is 0 Å². The van der Waals surface area contributed by atoms with Crippen LogP contribution in [0.15, 0.2) is 36.4 Å². The number of benzene rings is 2. The van der Waals surface area contributed by atoms with Crippen molar-refractivity contribution in [3.05, 3.63) is 67.3 Å². The fourth-order valence-electron chi connectivity index (χ4n) is 1.65. The van der Waals surface area contributed by atoms with Gasteiger partial charge in [-0.1, -0.05) is 12.1 Å². The summed E-state index contributed by atoms with van der Waals surface area (Å²) in [5, 5.41) is 12.9. The number of halogens is 3. The summed E-state index contributed by atoms with van der Waals surface area (Å²) < 4.78 is 27.3. The van der Waals surface area contributed by atoms with Gasteiger partial charge in [-0.3, -0.25) is 14.9 Å². The number of carbonyl (C=O) groups excluding carboxylic acids is 1. The van der Waals surface area contributed by atoms with Gasteiger partial charge in [-0.15, -0.1) is 0 Å². The van der Waals surface area contributed by atoms with E-state index in [2.05, 4.69) is 5.32 Å². The Morgan fingerprint density at radius 2 is 1.90 bits per heavy atom. The number of nitro benzene ring substituents is 1. The predicted molar refractivity (Wildman–Crippen MR) is 80.1 cm³/mol. The highest BCUT2D eigenvalue weighted by atomic mass is 127. The molecule has 5 nitrogen and oxygen atoms in total. The average molecular weight is 404 g/mol. The lowest BCUT2D eigenvalue weighted by Gasteiger charge is -2.08. The summed E-state index contributed by atoms with van der Waals surface area (Å²) >= 11 is 1.91. The van der Waals surface area contributed by atoms with Crippen LogP contribution < -0.4 is 5.32 Å². The Labute approximate surface area is 131 Å². The zero-order valence-corrected chi connectivity index (χ0v) is 12.4. The van der Waals surface area contributed by atoms with Gasteiger partial charge in [0.05, 0.1) is 16.6 Å². The summed E-state index contributed by atoms with van der Waals surface area (Å²) in [5.74, 6) is -3.01. The maximum absolute atomic E-state index is 13.7. The van der Waals surface area contributed by atoms with Gasteiger partial charge in [-0.25, -0.2) is 8.78 Å². The van der Waals surface area contributed by atoms with Crippen LogP contribution in [0.3, 0.4) is 0 Å². The molecule has 108 valence electrons. The Hall–Kier alpha value is -2.10. The van der Waals surface area contributed by atoms with Gasteiger partial charge in [-0.05, 0) is 34.7 Å². The fraction of sp³-hybridized carbons (Fsp3) is 0. The van der Waals surface area contributed by atoms with E-state index >= 15 is 0 Å². The van der Waals surface area contributed by atoms with Crippen LogP contribution >= 0.6 is 22.6 Å². The predicted octanol–water partition coefficient (Wildman–Crippen LogP) is 3.73. The molecule has 1 N–H and O–H groups in total. The first kappa shape index (κ1) is 15.3. The molecule has 0 aliphatic heterocycles. The van der Waals surface area contributed by atoms with E-state index in [1.807, 2.05) is 22.6 Å². The second kappa shape index (κ2) is 6.12. The lowest BCUT2D eigenvalue weighted by atomic mass is 10.2. The molecule has 2 aromatic rings. The average Bonchev–Trinajstić information content (AvgIpc) is 2.41. The molecule has 0 heterocycles. The summed E-state index contributed by atoms with van der Waals surface area (Å²) in [6.45, 7) is 0. The minimum absolute atomic E-state index is 0.233. The number of anilines is 1. The van der Waals surface area contributed by atoms with Gasteiger partial charge in [0.1, 0.15) is 5.82 Å². The van der Waals surface area contributed by atoms with Crippen molar-refractivity contribution in [2.24, 2.45) is 0 Å². The fourth-order valence-corrected chi connectivity index (χ4v) is 2.29. The summed E-state index contributed by atoms with van der Waals surface area (Å²) in [5.41, 5.74) is -1.27. The lowest BCUT2D eigenvalue weighted by Crippen LogP contribution is -2.15. The number of nitro groups is 1. The van der Waals surface area contributed by atoms with Crippen molar-refractivity contribution >= 4 is 39.9 Å². The molecule has 0 unspecified atom stereocenters. The largest absolute Gasteiger partial charge is 0.314 e. The molecule has 21 heavy (non-hydrogen) atoms. The molecule has 0 atom stereocenters. The van der Waals surface area contributed by atoms with Gasteiger partial charge in [0.2, 0.25) is 0 Å². The normalized spacial score (nSPS) is 10.2. The molecule has 0 saturated carbocycles. The number of hydrogen-bond acceptors (Lipinski definition) is 3. The number of amides is 1. The Morgan fingerprint density at radius 3 is 2.52 bits per heavy atom. The number of carbonyl (C=O) groups is 1. The maximum Gasteiger partial charge on any atom is 0.298 e. The van der Waals surface area contributed by atoms with E-state index in [0.717, 1.165) is 0 Å². The Morgan fingerprint density at radius 1 is 1.24 bits per heavy atom. The minimum Gasteiger partial charge on any atom is -0.314 e. The summed E-state index contributed by atoms with van der Waals surface area (Å²) in [6, 6.07) is 7.48. The van der Waals surface area contributed by atoms with Crippen molar-refractivity contribution in [3.8, 4) is 0 Å². The van der Waals surface area contributed by atoms with E-state index in [-0.39, 0.29) is 5.56 Å². The molecule has 0 saturated heterocycles. The van der Waals surface area contributed by atoms with Gasteiger partial charge < -0.3 is 5.32 Å². The van der Waals surface area contributed by atoms with Crippen LogP contribution in [0.5, 0.6) is 0 Å². The number of nitrogens with zero attached hydrogens (tertiary/aromatic N) is 1. The smallest absolute Gasteiger partial charge is 0.298 e. The number of rotatable bonds is 3. The van der Waals surface area contributed by atoms with Crippen LogP contribution in [0, 0.1) is 25.3 Å². The summed E-state index contributed by atoms with van der Waals surface area (Å²) in [6.07, 6.45) is 0. The van der Waals surface area contributed by atoms with Gasteiger partial charge in [-0.2, -0.15) is 0 Å². The monoisotopic (exact) mass is 404 g/mol. The van der Waals surface area contributed by atoms with E-state index in [1.54, 1.807) is 18.2 Å². The Balaban J connectivity index is 2.42. The minimum atomic E-state index is -1.21. The van der Waals surface area contributed by atoms with E-state index in [0.29, 0.717) is 15.7 Å². The van der Waals surface area contributed by atoms with Crippen LogP contribution in [0.4, 0.5) is 20.2 Å². The Bertz CT molecular complexity index is 737. The highest BCUT2D eigenvalue weighted by molar-refractivity contribution is 14.1. The third kappa shape index (κ3) is 3.32. The molecule has 8 heteroatoms. The van der Waals surface area contributed by atoms with E-state index in [9.17, 15) is 23.7 Å². The topological polar surface area (TPSA) is 72.2 Å².